The van der Waals surface area contributed by atoms with Gasteiger partial charge in [0.25, 0.3) is 0 Å². The molecule has 28 heavy (non-hydrogen) atoms. The van der Waals surface area contributed by atoms with Crippen LogP contribution < -0.4 is 4.74 Å². The fraction of sp³-hybridized carbons (Fsp3) is 0.458. The minimum atomic E-state index is -0.112. The number of rotatable bonds is 7. The first-order valence-corrected chi connectivity index (χ1v) is 10.1. The van der Waals surface area contributed by atoms with Gasteiger partial charge in [0.05, 0.1) is 12.7 Å². The summed E-state index contributed by atoms with van der Waals surface area (Å²) in [6.45, 7) is 5.88. The van der Waals surface area contributed by atoms with Gasteiger partial charge in [0.1, 0.15) is 11.5 Å². The molecule has 2 aromatic rings. The van der Waals surface area contributed by atoms with E-state index in [1.807, 2.05) is 30.3 Å². The van der Waals surface area contributed by atoms with Crippen LogP contribution >= 0.6 is 0 Å². The second-order valence-electron chi connectivity index (χ2n) is 7.93. The van der Waals surface area contributed by atoms with E-state index in [2.05, 4.69) is 31.0 Å². The third kappa shape index (κ3) is 4.56. The zero-order chi connectivity index (χ0) is 20.0. The molecule has 0 saturated carbocycles. The van der Waals surface area contributed by atoms with Crippen molar-refractivity contribution in [2.45, 2.75) is 50.5 Å². The summed E-state index contributed by atoms with van der Waals surface area (Å²) in [7, 11) is 1.70. The van der Waals surface area contributed by atoms with Crippen LogP contribution in [0.25, 0.3) is 0 Å². The maximum absolute atomic E-state index is 9.92. The number of methoxy groups -OCH3 is 1. The first-order chi connectivity index (χ1) is 13.5. The largest absolute Gasteiger partial charge is 0.507 e. The predicted octanol–water partition coefficient (Wildman–Crippen LogP) is 5.13. The van der Waals surface area contributed by atoms with Gasteiger partial charge >= 0.3 is 0 Å². The Morgan fingerprint density at radius 3 is 2.61 bits per heavy atom. The Bertz CT molecular complexity index is 802. The second kappa shape index (κ2) is 8.78. The van der Waals surface area contributed by atoms with Gasteiger partial charge in [-0.1, -0.05) is 31.2 Å². The highest BCUT2D eigenvalue weighted by Crippen LogP contribution is 2.45. The molecule has 2 aromatic carbocycles. The zero-order valence-corrected chi connectivity index (χ0v) is 17.1. The Balaban J connectivity index is 1.81. The number of benzene rings is 2. The summed E-state index contributed by atoms with van der Waals surface area (Å²) in [6.07, 6.45) is 5.68. The van der Waals surface area contributed by atoms with Crippen molar-refractivity contribution in [2.75, 3.05) is 20.3 Å². The van der Waals surface area contributed by atoms with E-state index >= 15 is 0 Å². The molecule has 0 bridgehead atoms. The van der Waals surface area contributed by atoms with E-state index in [0.717, 1.165) is 43.6 Å². The van der Waals surface area contributed by atoms with Gasteiger partial charge < -0.3 is 14.6 Å². The van der Waals surface area contributed by atoms with Crippen molar-refractivity contribution in [2.24, 2.45) is 4.99 Å². The number of aliphatic imine (C=N–C) groups is 1. The number of ether oxygens (including phenoxy) is 2. The molecule has 1 heterocycles. The van der Waals surface area contributed by atoms with Crippen molar-refractivity contribution in [1.29, 1.82) is 0 Å². The number of aromatic hydroxyl groups is 1. The highest BCUT2D eigenvalue weighted by Gasteiger charge is 2.43. The Hall–Kier alpha value is -2.33. The lowest BCUT2D eigenvalue weighted by molar-refractivity contribution is -0.0976. The average molecular weight is 382 g/mol. The number of phenols is 1. The molecular weight excluding hydrogens is 350 g/mol. The number of para-hydroxylation sites is 1. The fourth-order valence-corrected chi connectivity index (χ4v) is 4.16. The van der Waals surface area contributed by atoms with Crippen molar-refractivity contribution >= 4 is 6.21 Å². The molecule has 0 aromatic heterocycles. The van der Waals surface area contributed by atoms with Gasteiger partial charge in [0.15, 0.2) is 0 Å². The van der Waals surface area contributed by atoms with Crippen LogP contribution in [-0.2, 0) is 10.2 Å². The topological polar surface area (TPSA) is 51.1 Å². The number of hydrogen-bond donors (Lipinski definition) is 1. The van der Waals surface area contributed by atoms with Crippen molar-refractivity contribution in [1.82, 2.24) is 0 Å². The van der Waals surface area contributed by atoms with Crippen molar-refractivity contribution in [3.63, 3.8) is 0 Å². The van der Waals surface area contributed by atoms with E-state index in [1.54, 1.807) is 19.4 Å². The minimum Gasteiger partial charge on any atom is -0.507 e. The number of phenolic OH excluding ortho intramolecular Hbond substituents is 1. The molecule has 2 unspecified atom stereocenters. The molecule has 1 aliphatic rings. The molecule has 4 heteroatoms. The standard InChI is InChI=1S/C24H31NO3/c1-4-23(2)18-24(14-16-28-23,20-9-11-21(27-3)12-10-20)13-15-25-17-19-7-5-6-8-22(19)26/h5-12,17,26H,4,13-16,18H2,1-3H3. The van der Waals surface area contributed by atoms with Gasteiger partial charge in [-0.05, 0) is 62.4 Å². The molecule has 2 atom stereocenters. The van der Waals surface area contributed by atoms with Gasteiger partial charge in [-0.15, -0.1) is 0 Å². The molecule has 0 aliphatic carbocycles. The van der Waals surface area contributed by atoms with E-state index in [4.69, 9.17) is 9.47 Å². The minimum absolute atomic E-state index is 0.0331. The molecule has 0 radical (unpaired) electrons. The molecule has 1 N–H and O–H groups in total. The Kier molecular flexibility index (Phi) is 6.40. The molecule has 3 rings (SSSR count). The van der Waals surface area contributed by atoms with Crippen LogP contribution in [0.3, 0.4) is 0 Å². The summed E-state index contributed by atoms with van der Waals surface area (Å²) < 4.78 is 11.5. The van der Waals surface area contributed by atoms with Crippen molar-refractivity contribution < 1.29 is 14.6 Å². The van der Waals surface area contributed by atoms with Gasteiger partial charge in [-0.2, -0.15) is 0 Å². The van der Waals surface area contributed by atoms with Gasteiger partial charge in [0.2, 0.25) is 0 Å². The summed E-state index contributed by atoms with van der Waals surface area (Å²) in [5.74, 6) is 1.14. The monoisotopic (exact) mass is 381 g/mol. The molecule has 0 amide bonds. The Labute approximate surface area is 168 Å². The third-order valence-electron chi connectivity index (χ3n) is 6.08. The number of nitrogens with zero attached hydrogens (tertiary/aromatic N) is 1. The maximum atomic E-state index is 9.92. The van der Waals surface area contributed by atoms with Crippen LogP contribution in [-0.4, -0.2) is 37.2 Å². The average Bonchev–Trinajstić information content (AvgIpc) is 2.72. The zero-order valence-electron chi connectivity index (χ0n) is 17.1. The lowest BCUT2D eigenvalue weighted by Gasteiger charge is -2.46. The van der Waals surface area contributed by atoms with Crippen LogP contribution in [0.4, 0.5) is 0 Å². The highest BCUT2D eigenvalue weighted by molar-refractivity contribution is 5.83. The highest BCUT2D eigenvalue weighted by atomic mass is 16.5. The third-order valence-corrected chi connectivity index (χ3v) is 6.08. The van der Waals surface area contributed by atoms with Crippen LogP contribution in [0.5, 0.6) is 11.5 Å². The summed E-state index contributed by atoms with van der Waals surface area (Å²) in [5.41, 5.74) is 2.01. The summed E-state index contributed by atoms with van der Waals surface area (Å²) in [6, 6.07) is 15.7. The van der Waals surface area contributed by atoms with Crippen LogP contribution in [0.2, 0.25) is 0 Å². The van der Waals surface area contributed by atoms with Crippen molar-refractivity contribution in [3.8, 4) is 11.5 Å². The van der Waals surface area contributed by atoms with E-state index < -0.39 is 0 Å². The lowest BCUT2D eigenvalue weighted by atomic mass is 9.66. The predicted molar refractivity (Wildman–Crippen MR) is 114 cm³/mol. The molecule has 1 aliphatic heterocycles. The molecule has 1 saturated heterocycles. The summed E-state index contributed by atoms with van der Waals surface area (Å²) in [5, 5.41) is 9.92. The van der Waals surface area contributed by atoms with Gasteiger partial charge in [-0.3, -0.25) is 4.99 Å². The second-order valence-corrected chi connectivity index (χ2v) is 7.93. The van der Waals surface area contributed by atoms with Crippen LogP contribution in [0.15, 0.2) is 53.5 Å². The van der Waals surface area contributed by atoms with Crippen LogP contribution in [0, 0.1) is 0 Å². The summed E-state index contributed by atoms with van der Waals surface area (Å²) >= 11 is 0. The van der Waals surface area contributed by atoms with E-state index in [-0.39, 0.29) is 16.8 Å². The summed E-state index contributed by atoms with van der Waals surface area (Å²) in [4.78, 5) is 4.62. The molecule has 4 nitrogen and oxygen atoms in total. The normalized spacial score (nSPS) is 25.1. The molecule has 0 spiro atoms. The molecule has 1 fully saturated rings. The maximum Gasteiger partial charge on any atom is 0.124 e. The lowest BCUT2D eigenvalue weighted by Crippen LogP contribution is -2.45. The smallest absolute Gasteiger partial charge is 0.124 e. The number of hydrogen-bond acceptors (Lipinski definition) is 4. The fourth-order valence-electron chi connectivity index (χ4n) is 4.16. The molecule has 150 valence electrons. The quantitative estimate of drug-likeness (QED) is 0.677. The SMILES string of the molecule is CCC1(C)CC(CCN=Cc2ccccc2O)(c2ccc(OC)cc2)CCO1. The molecular formula is C24H31NO3. The van der Waals surface area contributed by atoms with Crippen molar-refractivity contribution in [3.05, 3.63) is 59.7 Å². The van der Waals surface area contributed by atoms with E-state index in [0.29, 0.717) is 6.54 Å². The Morgan fingerprint density at radius 1 is 1.18 bits per heavy atom. The first-order valence-electron chi connectivity index (χ1n) is 10.1. The first kappa shape index (κ1) is 20.4. The Morgan fingerprint density at radius 2 is 1.93 bits per heavy atom. The van der Waals surface area contributed by atoms with E-state index in [1.165, 1.54) is 5.56 Å². The van der Waals surface area contributed by atoms with Crippen LogP contribution in [0.1, 0.15) is 50.7 Å². The van der Waals surface area contributed by atoms with E-state index in [9.17, 15) is 5.11 Å². The van der Waals surface area contributed by atoms with Gasteiger partial charge in [-0.25, -0.2) is 0 Å². The van der Waals surface area contributed by atoms with Gasteiger partial charge in [0, 0.05) is 30.3 Å².